The van der Waals surface area contributed by atoms with E-state index in [1.54, 1.807) is 42.5 Å². The van der Waals surface area contributed by atoms with Crippen LogP contribution < -0.4 is 14.2 Å². The van der Waals surface area contributed by atoms with Crippen LogP contribution in [0.1, 0.15) is 23.6 Å². The predicted octanol–water partition coefficient (Wildman–Crippen LogP) is 2.61. The summed E-state index contributed by atoms with van der Waals surface area (Å²) in [6.07, 6.45) is -0.362. The zero-order valence-electron chi connectivity index (χ0n) is 17.8. The molecule has 0 aliphatic carbocycles. The summed E-state index contributed by atoms with van der Waals surface area (Å²) in [5.74, 6) is -1.92. The normalized spacial score (nSPS) is 17.3. The summed E-state index contributed by atoms with van der Waals surface area (Å²) in [6.45, 7) is -0.210. The number of hydrogen-bond donors (Lipinski definition) is 2. The van der Waals surface area contributed by atoms with Gasteiger partial charge in [-0.25, -0.2) is 0 Å². The minimum Gasteiger partial charge on any atom is -0.507 e. The van der Waals surface area contributed by atoms with Crippen molar-refractivity contribution in [3.63, 3.8) is 0 Å². The Morgan fingerprint density at radius 3 is 2.16 bits per heavy atom. The Balaban J connectivity index is 2.17. The molecular weight excluding hydrogens is 418 g/mol. The third-order valence-corrected chi connectivity index (χ3v) is 5.19. The lowest BCUT2D eigenvalue weighted by atomic mass is 9.95. The van der Waals surface area contributed by atoms with E-state index in [1.165, 1.54) is 21.3 Å². The van der Waals surface area contributed by atoms with Crippen molar-refractivity contribution < 1.29 is 38.8 Å². The van der Waals surface area contributed by atoms with Crippen molar-refractivity contribution in [2.24, 2.45) is 0 Å². The first-order valence-corrected chi connectivity index (χ1v) is 9.69. The number of carboxylic acid groups (broad SMARTS) is 1. The second-order valence-electron chi connectivity index (χ2n) is 6.98. The predicted molar refractivity (Wildman–Crippen MR) is 114 cm³/mol. The van der Waals surface area contributed by atoms with Gasteiger partial charge in [-0.15, -0.1) is 0 Å². The van der Waals surface area contributed by atoms with Crippen LogP contribution in [0.3, 0.4) is 0 Å². The number of carboxylic acids is 1. The fourth-order valence-electron chi connectivity index (χ4n) is 3.60. The van der Waals surface area contributed by atoms with Crippen LogP contribution in [0.4, 0.5) is 0 Å². The number of hydrogen-bond acceptors (Lipinski definition) is 7. The Hall–Kier alpha value is -4.01. The largest absolute Gasteiger partial charge is 0.507 e. The van der Waals surface area contributed by atoms with Crippen LogP contribution >= 0.6 is 0 Å². The molecule has 2 N–H and O–H groups in total. The summed E-state index contributed by atoms with van der Waals surface area (Å²) in [4.78, 5) is 38.0. The van der Waals surface area contributed by atoms with Crippen molar-refractivity contribution >= 4 is 23.4 Å². The van der Waals surface area contributed by atoms with Crippen molar-refractivity contribution in [3.8, 4) is 17.2 Å². The minimum atomic E-state index is -1.12. The molecule has 1 heterocycles. The lowest BCUT2D eigenvalue weighted by Crippen LogP contribution is -2.31. The smallest absolute Gasteiger partial charge is 0.305 e. The van der Waals surface area contributed by atoms with Gasteiger partial charge in [0.05, 0.1) is 39.4 Å². The maximum atomic E-state index is 12.9. The van der Waals surface area contributed by atoms with E-state index < -0.39 is 23.7 Å². The van der Waals surface area contributed by atoms with Crippen LogP contribution in [0.2, 0.25) is 0 Å². The molecule has 2 aromatic rings. The van der Waals surface area contributed by atoms with Crippen LogP contribution in [0.5, 0.6) is 17.2 Å². The van der Waals surface area contributed by atoms with E-state index in [4.69, 9.17) is 19.3 Å². The molecule has 2 aromatic carbocycles. The Labute approximate surface area is 184 Å². The number of benzene rings is 2. The van der Waals surface area contributed by atoms with Gasteiger partial charge in [-0.3, -0.25) is 14.4 Å². The summed E-state index contributed by atoms with van der Waals surface area (Å²) in [5, 5.41) is 20.1. The van der Waals surface area contributed by atoms with Gasteiger partial charge in [-0.1, -0.05) is 6.07 Å². The molecule has 1 aliphatic heterocycles. The molecule has 168 valence electrons. The molecule has 1 fully saturated rings. The van der Waals surface area contributed by atoms with Gasteiger partial charge in [-0.2, -0.15) is 0 Å². The number of aliphatic hydroxyl groups is 1. The molecule has 0 bridgehead atoms. The number of carbonyl (C=O) groups excluding carboxylic acids is 2. The summed E-state index contributed by atoms with van der Waals surface area (Å²) in [6, 6.07) is 10.2. The standard InChI is InChI=1S/C23H23NO8/c1-30-15-7-4-13(5-8-15)21(27)19-20(14-6-9-16(31-2)17(12-14)32-3)24(11-10-18(25)26)23(29)22(19)28/h4-9,12,20,27H,10-11H2,1-3H3,(H,25,26)/t20-/m1/s1. The lowest BCUT2D eigenvalue weighted by molar-refractivity contribution is -0.142. The van der Waals surface area contributed by atoms with Crippen LogP contribution in [0.25, 0.3) is 5.76 Å². The summed E-state index contributed by atoms with van der Waals surface area (Å²) < 4.78 is 15.7. The molecule has 1 saturated heterocycles. The summed E-state index contributed by atoms with van der Waals surface area (Å²) in [5.41, 5.74) is 0.632. The van der Waals surface area contributed by atoms with Crippen LogP contribution in [-0.4, -0.2) is 60.6 Å². The van der Waals surface area contributed by atoms with Crippen molar-refractivity contribution in [2.45, 2.75) is 12.5 Å². The third-order valence-electron chi connectivity index (χ3n) is 5.19. The van der Waals surface area contributed by atoms with Crippen LogP contribution in [0.15, 0.2) is 48.0 Å². The fourth-order valence-corrected chi connectivity index (χ4v) is 3.60. The van der Waals surface area contributed by atoms with Gasteiger partial charge < -0.3 is 29.3 Å². The Morgan fingerprint density at radius 1 is 0.938 bits per heavy atom. The van der Waals surface area contributed by atoms with E-state index in [-0.39, 0.29) is 24.3 Å². The molecule has 0 unspecified atom stereocenters. The molecule has 0 saturated carbocycles. The number of nitrogens with zero attached hydrogens (tertiary/aromatic N) is 1. The monoisotopic (exact) mass is 441 g/mol. The number of aliphatic hydroxyl groups excluding tert-OH is 1. The number of aliphatic carboxylic acids is 1. The SMILES string of the molecule is COc1ccc(C(O)=C2C(=O)C(=O)N(CCC(=O)O)[C@@H]2c2ccc(OC)c(OC)c2)cc1. The lowest BCUT2D eigenvalue weighted by Gasteiger charge is -2.25. The molecule has 32 heavy (non-hydrogen) atoms. The van der Waals surface area contributed by atoms with Gasteiger partial charge in [-0.05, 0) is 42.0 Å². The van der Waals surface area contributed by atoms with Gasteiger partial charge in [0.2, 0.25) is 0 Å². The molecule has 1 atom stereocenters. The first-order valence-electron chi connectivity index (χ1n) is 9.69. The fraction of sp³-hybridized carbons (Fsp3) is 0.261. The molecule has 9 nitrogen and oxygen atoms in total. The Morgan fingerprint density at radius 2 is 1.59 bits per heavy atom. The molecule has 9 heteroatoms. The molecule has 0 spiro atoms. The van der Waals surface area contributed by atoms with Crippen molar-refractivity contribution in [1.29, 1.82) is 0 Å². The Bertz CT molecular complexity index is 1070. The van der Waals surface area contributed by atoms with Crippen LogP contribution in [0, 0.1) is 0 Å². The second kappa shape index (κ2) is 9.42. The molecule has 0 radical (unpaired) electrons. The van der Waals surface area contributed by atoms with E-state index in [9.17, 15) is 19.5 Å². The van der Waals surface area contributed by atoms with Crippen LogP contribution in [-0.2, 0) is 14.4 Å². The van der Waals surface area contributed by atoms with Gasteiger partial charge in [0.15, 0.2) is 11.5 Å². The average Bonchev–Trinajstić information content (AvgIpc) is 3.06. The highest BCUT2D eigenvalue weighted by atomic mass is 16.5. The van der Waals surface area contributed by atoms with Crippen molar-refractivity contribution in [1.82, 2.24) is 4.90 Å². The molecule has 0 aromatic heterocycles. The molecule has 1 amide bonds. The van der Waals surface area contributed by atoms with E-state index in [1.807, 2.05) is 0 Å². The second-order valence-corrected chi connectivity index (χ2v) is 6.98. The number of Topliss-reactive ketones (excluding diaryl/α,β-unsaturated/α-hetero) is 1. The third kappa shape index (κ3) is 4.22. The Kier molecular flexibility index (Phi) is 6.67. The number of likely N-dealkylation sites (tertiary alicyclic amines) is 1. The van der Waals surface area contributed by atoms with Crippen molar-refractivity contribution in [2.75, 3.05) is 27.9 Å². The number of amides is 1. The van der Waals surface area contributed by atoms with Gasteiger partial charge >= 0.3 is 5.97 Å². The number of ketones is 1. The van der Waals surface area contributed by atoms with E-state index >= 15 is 0 Å². The van der Waals surface area contributed by atoms with Crippen molar-refractivity contribution in [3.05, 3.63) is 59.2 Å². The quantitative estimate of drug-likeness (QED) is 0.364. The van der Waals surface area contributed by atoms with E-state index in [0.29, 0.717) is 28.4 Å². The van der Waals surface area contributed by atoms with Gasteiger partial charge in [0, 0.05) is 12.1 Å². The van der Waals surface area contributed by atoms with Gasteiger partial charge in [0.1, 0.15) is 11.5 Å². The zero-order valence-corrected chi connectivity index (χ0v) is 17.8. The molecule has 1 aliphatic rings. The number of carbonyl (C=O) groups is 3. The maximum Gasteiger partial charge on any atom is 0.305 e. The number of rotatable bonds is 8. The number of methoxy groups -OCH3 is 3. The highest BCUT2D eigenvalue weighted by molar-refractivity contribution is 6.46. The number of ether oxygens (including phenoxy) is 3. The molecule has 3 rings (SSSR count). The highest BCUT2D eigenvalue weighted by Crippen LogP contribution is 2.42. The topological polar surface area (TPSA) is 123 Å². The van der Waals surface area contributed by atoms with E-state index in [2.05, 4.69) is 0 Å². The molecular formula is C23H23NO8. The summed E-state index contributed by atoms with van der Waals surface area (Å²) in [7, 11) is 4.42. The van der Waals surface area contributed by atoms with E-state index in [0.717, 1.165) is 4.90 Å². The van der Waals surface area contributed by atoms with Gasteiger partial charge in [0.25, 0.3) is 11.7 Å². The highest BCUT2D eigenvalue weighted by Gasteiger charge is 2.46. The zero-order chi connectivity index (χ0) is 23.4. The average molecular weight is 441 g/mol. The first-order chi connectivity index (χ1) is 15.3. The maximum absolute atomic E-state index is 12.9. The summed E-state index contributed by atoms with van der Waals surface area (Å²) >= 11 is 0. The minimum absolute atomic E-state index is 0.141. The first kappa shape index (κ1) is 22.7.